The van der Waals surface area contributed by atoms with Gasteiger partial charge in [-0.05, 0) is 24.3 Å². The van der Waals surface area contributed by atoms with Gasteiger partial charge in [0, 0.05) is 5.56 Å². The van der Waals surface area contributed by atoms with Crippen molar-refractivity contribution in [3.8, 4) is 0 Å². The first kappa shape index (κ1) is 8.55. The van der Waals surface area contributed by atoms with Crippen molar-refractivity contribution in [1.29, 1.82) is 0 Å². The number of nitrogens with one attached hydrogen (secondary N) is 1. The summed E-state index contributed by atoms with van der Waals surface area (Å²) >= 11 is 0. The largest absolute Gasteiger partial charge is 0.285 e. The fourth-order valence-corrected chi connectivity index (χ4v) is 1.05. The molecule has 0 saturated heterocycles. The molecule has 0 fully saturated rings. The second-order valence-electron chi connectivity index (χ2n) is 2.66. The lowest BCUT2D eigenvalue weighted by molar-refractivity contribution is 0.103. The van der Waals surface area contributed by atoms with Crippen LogP contribution < -0.4 is 0 Å². The Balaban J connectivity index is 2.33. The Morgan fingerprint density at radius 1 is 1.29 bits per heavy atom. The van der Waals surface area contributed by atoms with Crippen LogP contribution in [0.4, 0.5) is 4.39 Å². The average molecular weight is 191 g/mol. The van der Waals surface area contributed by atoms with Gasteiger partial charge in [-0.25, -0.2) is 9.37 Å². The molecule has 2 aromatic rings. The van der Waals surface area contributed by atoms with E-state index >= 15 is 0 Å². The zero-order valence-electron chi connectivity index (χ0n) is 7.07. The van der Waals surface area contributed by atoms with Crippen LogP contribution in [0.2, 0.25) is 0 Å². The summed E-state index contributed by atoms with van der Waals surface area (Å²) in [6, 6.07) is 5.24. The van der Waals surface area contributed by atoms with Crippen molar-refractivity contribution in [3.05, 3.63) is 47.8 Å². The van der Waals surface area contributed by atoms with Crippen LogP contribution >= 0.6 is 0 Å². The molecule has 0 aliphatic rings. The minimum atomic E-state index is -0.378. The predicted octanol–water partition coefficient (Wildman–Crippen LogP) is 1.17. The lowest BCUT2D eigenvalue weighted by Crippen LogP contribution is -2.03. The Morgan fingerprint density at radius 2 is 2.00 bits per heavy atom. The molecule has 1 aromatic carbocycles. The molecule has 1 heterocycles. The van der Waals surface area contributed by atoms with Gasteiger partial charge in [0.2, 0.25) is 11.6 Å². The molecule has 0 amide bonds. The van der Waals surface area contributed by atoms with Crippen LogP contribution in [0.3, 0.4) is 0 Å². The Kier molecular flexibility index (Phi) is 2.06. The molecule has 70 valence electrons. The van der Waals surface area contributed by atoms with E-state index in [4.69, 9.17) is 0 Å². The Bertz CT molecular complexity index is 436. The third-order valence-electron chi connectivity index (χ3n) is 1.72. The lowest BCUT2D eigenvalue weighted by Gasteiger charge is -1.95. The van der Waals surface area contributed by atoms with E-state index in [1.165, 1.54) is 30.6 Å². The Hall–Kier alpha value is -2.04. The highest BCUT2D eigenvalue weighted by Crippen LogP contribution is 2.06. The first-order valence-electron chi connectivity index (χ1n) is 3.93. The monoisotopic (exact) mass is 191 g/mol. The van der Waals surface area contributed by atoms with Crippen LogP contribution in [-0.4, -0.2) is 21.0 Å². The first-order chi connectivity index (χ1) is 6.77. The van der Waals surface area contributed by atoms with Crippen LogP contribution in [0.15, 0.2) is 30.6 Å². The predicted molar refractivity (Wildman–Crippen MR) is 46.2 cm³/mol. The average Bonchev–Trinajstić information content (AvgIpc) is 2.71. The number of ketones is 1. The molecule has 0 radical (unpaired) electrons. The topological polar surface area (TPSA) is 58.6 Å². The summed E-state index contributed by atoms with van der Waals surface area (Å²) in [5, 5.41) is 6.07. The number of nitrogens with zero attached hydrogens (tertiary/aromatic N) is 2. The van der Waals surface area contributed by atoms with Gasteiger partial charge in [0.25, 0.3) is 0 Å². The van der Waals surface area contributed by atoms with Crippen molar-refractivity contribution >= 4 is 5.78 Å². The van der Waals surface area contributed by atoms with E-state index < -0.39 is 0 Å². The molecule has 5 heteroatoms. The van der Waals surface area contributed by atoms with Gasteiger partial charge in [0.05, 0.1) is 0 Å². The van der Waals surface area contributed by atoms with Gasteiger partial charge in [0.1, 0.15) is 12.1 Å². The zero-order chi connectivity index (χ0) is 9.97. The van der Waals surface area contributed by atoms with Crippen LogP contribution in [0.5, 0.6) is 0 Å². The summed E-state index contributed by atoms with van der Waals surface area (Å²) in [6.45, 7) is 0. The molecule has 0 saturated carbocycles. The highest BCUT2D eigenvalue weighted by molar-refractivity contribution is 6.06. The van der Waals surface area contributed by atoms with Gasteiger partial charge in [0.15, 0.2) is 0 Å². The quantitative estimate of drug-likeness (QED) is 0.725. The van der Waals surface area contributed by atoms with Crippen molar-refractivity contribution in [2.45, 2.75) is 0 Å². The standard InChI is InChI=1S/C9H6FN3O/c10-7-3-1-6(2-4-7)8(14)9-11-5-12-13-9/h1-5H,(H,11,12,13). The fourth-order valence-electron chi connectivity index (χ4n) is 1.05. The lowest BCUT2D eigenvalue weighted by atomic mass is 10.1. The number of aromatic amines is 1. The number of rotatable bonds is 2. The van der Waals surface area contributed by atoms with Gasteiger partial charge < -0.3 is 0 Å². The van der Waals surface area contributed by atoms with E-state index in [-0.39, 0.29) is 17.4 Å². The number of hydrogen-bond donors (Lipinski definition) is 1. The maximum atomic E-state index is 12.5. The summed E-state index contributed by atoms with van der Waals surface area (Å²) in [5.74, 6) is -0.626. The molecular weight excluding hydrogens is 185 g/mol. The van der Waals surface area contributed by atoms with Crippen molar-refractivity contribution in [1.82, 2.24) is 15.2 Å². The van der Waals surface area contributed by atoms with E-state index in [2.05, 4.69) is 15.2 Å². The van der Waals surface area contributed by atoms with Gasteiger partial charge in [-0.1, -0.05) is 0 Å². The highest BCUT2D eigenvalue weighted by Gasteiger charge is 2.11. The molecule has 14 heavy (non-hydrogen) atoms. The maximum Gasteiger partial charge on any atom is 0.232 e. The molecule has 0 aliphatic carbocycles. The summed E-state index contributed by atoms with van der Waals surface area (Å²) in [6.07, 6.45) is 1.32. The summed E-state index contributed by atoms with van der Waals surface area (Å²) < 4.78 is 12.5. The van der Waals surface area contributed by atoms with Crippen molar-refractivity contribution in [2.24, 2.45) is 0 Å². The summed E-state index contributed by atoms with van der Waals surface area (Å²) in [5.41, 5.74) is 0.367. The van der Waals surface area contributed by atoms with Crippen molar-refractivity contribution in [3.63, 3.8) is 0 Å². The van der Waals surface area contributed by atoms with Crippen molar-refractivity contribution < 1.29 is 9.18 Å². The van der Waals surface area contributed by atoms with Crippen LogP contribution in [0, 0.1) is 5.82 Å². The van der Waals surface area contributed by atoms with E-state index in [1.54, 1.807) is 0 Å². The number of carbonyl (C=O) groups is 1. The minimum absolute atomic E-state index is 0.0802. The molecule has 0 bridgehead atoms. The van der Waals surface area contributed by atoms with Crippen molar-refractivity contribution in [2.75, 3.05) is 0 Å². The number of benzene rings is 1. The van der Waals surface area contributed by atoms with Gasteiger partial charge in [-0.2, -0.15) is 5.10 Å². The molecule has 0 unspecified atom stereocenters. The Morgan fingerprint density at radius 3 is 2.57 bits per heavy atom. The Labute approximate surface area is 78.8 Å². The number of aromatic nitrogens is 3. The third-order valence-corrected chi connectivity index (χ3v) is 1.72. The number of hydrogen-bond acceptors (Lipinski definition) is 3. The smallest absolute Gasteiger partial charge is 0.232 e. The second kappa shape index (κ2) is 3.37. The summed E-state index contributed by atoms with van der Waals surface area (Å²) in [7, 11) is 0. The van der Waals surface area contributed by atoms with Gasteiger partial charge >= 0.3 is 0 Å². The number of H-pyrrole nitrogens is 1. The molecule has 2 rings (SSSR count). The van der Waals surface area contributed by atoms with E-state index in [0.717, 1.165) is 0 Å². The summed E-state index contributed by atoms with van der Waals surface area (Å²) in [4.78, 5) is 15.3. The first-order valence-corrected chi connectivity index (χ1v) is 3.93. The minimum Gasteiger partial charge on any atom is -0.285 e. The van der Waals surface area contributed by atoms with Crippen LogP contribution in [0.25, 0.3) is 0 Å². The van der Waals surface area contributed by atoms with E-state index in [1.807, 2.05) is 0 Å². The second-order valence-corrected chi connectivity index (χ2v) is 2.66. The maximum absolute atomic E-state index is 12.5. The van der Waals surface area contributed by atoms with Crippen LogP contribution in [-0.2, 0) is 0 Å². The SMILES string of the molecule is O=C(c1ccc(F)cc1)c1nc[nH]n1. The van der Waals surface area contributed by atoms with E-state index in [9.17, 15) is 9.18 Å². The van der Waals surface area contributed by atoms with E-state index in [0.29, 0.717) is 5.56 Å². The molecule has 1 aromatic heterocycles. The zero-order valence-corrected chi connectivity index (χ0v) is 7.07. The van der Waals surface area contributed by atoms with Crippen LogP contribution in [0.1, 0.15) is 16.2 Å². The van der Waals surface area contributed by atoms with Gasteiger partial charge in [-0.3, -0.25) is 9.89 Å². The number of carbonyl (C=O) groups excluding carboxylic acids is 1. The molecule has 0 atom stereocenters. The molecule has 0 aliphatic heterocycles. The number of halogens is 1. The molecule has 0 spiro atoms. The molecular formula is C9H6FN3O. The highest BCUT2D eigenvalue weighted by atomic mass is 19.1. The van der Waals surface area contributed by atoms with Gasteiger partial charge in [-0.15, -0.1) is 0 Å². The fraction of sp³-hybridized carbons (Fsp3) is 0. The molecule has 1 N–H and O–H groups in total. The normalized spacial score (nSPS) is 10.1. The third kappa shape index (κ3) is 1.52. The molecule has 4 nitrogen and oxygen atoms in total.